The number of hydrogen-bond acceptors (Lipinski definition) is 10. The molecule has 3 heterocycles. The second kappa shape index (κ2) is 7.72. The Labute approximate surface area is 152 Å². The second-order valence-electron chi connectivity index (χ2n) is 5.94. The van der Waals surface area contributed by atoms with E-state index in [0.29, 0.717) is 29.1 Å². The predicted octanol–water partition coefficient (Wildman–Crippen LogP) is -1.44. The van der Waals surface area contributed by atoms with Crippen molar-refractivity contribution in [2.45, 2.75) is 37.0 Å². The molecule has 7 N–H and O–H groups in total. The normalized spacial score (nSPS) is 27.0. The molecule has 5 atom stereocenters. The number of carboxylic acid groups (broad SMARTS) is 1. The van der Waals surface area contributed by atoms with E-state index in [2.05, 4.69) is 15.0 Å². The van der Waals surface area contributed by atoms with Crippen LogP contribution in [0.3, 0.4) is 0 Å². The number of anilines is 1. The van der Waals surface area contributed by atoms with Crippen molar-refractivity contribution >= 4 is 34.7 Å². The van der Waals surface area contributed by atoms with Gasteiger partial charge in [0.25, 0.3) is 0 Å². The van der Waals surface area contributed by atoms with E-state index in [-0.39, 0.29) is 5.82 Å². The van der Waals surface area contributed by atoms with Gasteiger partial charge in [-0.3, -0.25) is 9.36 Å². The van der Waals surface area contributed by atoms with E-state index in [0.717, 1.165) is 0 Å². The van der Waals surface area contributed by atoms with Gasteiger partial charge in [0.1, 0.15) is 30.1 Å². The largest absolute Gasteiger partial charge is 0.480 e. The number of fused-ring (bicyclic) bond motifs is 1. The van der Waals surface area contributed by atoms with Crippen molar-refractivity contribution in [1.82, 2.24) is 19.5 Å². The van der Waals surface area contributed by atoms with E-state index in [9.17, 15) is 15.0 Å². The number of ether oxygens (including phenoxy) is 1. The molecule has 1 aliphatic heterocycles. The van der Waals surface area contributed by atoms with Crippen LogP contribution in [-0.4, -0.2) is 76.7 Å². The summed E-state index contributed by atoms with van der Waals surface area (Å²) in [6.07, 6.45) is -0.747. The quantitative estimate of drug-likeness (QED) is 0.350. The van der Waals surface area contributed by atoms with Crippen molar-refractivity contribution in [1.29, 1.82) is 0 Å². The van der Waals surface area contributed by atoms with Crippen LogP contribution in [0.4, 0.5) is 5.82 Å². The summed E-state index contributed by atoms with van der Waals surface area (Å²) in [7, 11) is 0. The average molecular weight is 389 g/mol. The molecule has 0 spiro atoms. The molecule has 142 valence electrons. The van der Waals surface area contributed by atoms with Crippen LogP contribution in [0.15, 0.2) is 12.7 Å². The Hall–Kier alpha value is -1.99. The Kier molecular flexibility index (Phi) is 5.58. The van der Waals surface area contributed by atoms with Gasteiger partial charge in [0.15, 0.2) is 17.7 Å². The molecule has 1 saturated heterocycles. The number of aliphatic carboxylic acids is 1. The molecular weight excluding hydrogens is 369 g/mol. The first-order valence-corrected chi connectivity index (χ1v) is 9.06. The summed E-state index contributed by atoms with van der Waals surface area (Å²) in [5, 5.41) is 29.3. The highest BCUT2D eigenvalue weighted by molar-refractivity contribution is 7.99. The maximum Gasteiger partial charge on any atom is 0.320 e. The molecule has 0 saturated carbocycles. The van der Waals surface area contributed by atoms with Gasteiger partial charge in [0.2, 0.25) is 0 Å². The van der Waals surface area contributed by atoms with Crippen LogP contribution in [0, 0.1) is 0 Å². The van der Waals surface area contributed by atoms with Gasteiger partial charge in [-0.25, -0.2) is 15.0 Å². The smallest absolute Gasteiger partial charge is 0.320 e. The number of nitrogens with two attached hydrogens (primary N) is 2. The molecule has 26 heavy (non-hydrogen) atoms. The van der Waals surface area contributed by atoms with Crippen LogP contribution in [0.2, 0.25) is 0 Å². The molecule has 11 nitrogen and oxygen atoms in total. The van der Waals surface area contributed by atoms with Gasteiger partial charge in [-0.2, -0.15) is 11.8 Å². The molecule has 1 fully saturated rings. The molecule has 0 aliphatic carbocycles. The molecule has 0 aromatic carbocycles. The number of hydrogen-bond donors (Lipinski definition) is 5. The molecule has 0 bridgehead atoms. The minimum atomic E-state index is -1.17. The number of imidazole rings is 1. The van der Waals surface area contributed by atoms with Gasteiger partial charge in [-0.1, -0.05) is 0 Å². The first-order valence-electron chi connectivity index (χ1n) is 7.91. The van der Waals surface area contributed by atoms with E-state index in [1.54, 1.807) is 0 Å². The number of aliphatic hydroxyl groups excluding tert-OH is 2. The van der Waals surface area contributed by atoms with Crippen molar-refractivity contribution in [3.8, 4) is 0 Å². The monoisotopic (exact) mass is 389 g/mol. The maximum atomic E-state index is 10.7. The molecular formula is C14H20N6O5S. The predicted molar refractivity (Wildman–Crippen MR) is 93.2 cm³/mol. The van der Waals surface area contributed by atoms with Crippen LogP contribution < -0.4 is 11.5 Å². The molecule has 0 radical (unpaired) electrons. The lowest BCUT2D eigenvalue weighted by Gasteiger charge is -2.16. The topological polar surface area (TPSA) is 183 Å². The van der Waals surface area contributed by atoms with Crippen LogP contribution in [0.25, 0.3) is 11.2 Å². The number of carboxylic acids is 1. The number of thioether (sulfide) groups is 1. The van der Waals surface area contributed by atoms with Gasteiger partial charge >= 0.3 is 5.97 Å². The number of carbonyl (C=O) groups is 1. The fourth-order valence-corrected chi connectivity index (χ4v) is 3.78. The third-order valence-corrected chi connectivity index (χ3v) is 5.26. The van der Waals surface area contributed by atoms with E-state index >= 15 is 0 Å². The van der Waals surface area contributed by atoms with E-state index in [4.69, 9.17) is 21.3 Å². The first kappa shape index (κ1) is 18.8. The lowest BCUT2D eigenvalue weighted by atomic mass is 10.1. The van der Waals surface area contributed by atoms with Crippen LogP contribution in [0.1, 0.15) is 12.6 Å². The van der Waals surface area contributed by atoms with Crippen LogP contribution in [-0.2, 0) is 9.53 Å². The summed E-state index contributed by atoms with van der Waals surface area (Å²) in [5.41, 5.74) is 12.0. The molecule has 0 unspecified atom stereocenters. The average Bonchev–Trinajstić information content (AvgIpc) is 3.15. The maximum absolute atomic E-state index is 10.7. The van der Waals surface area contributed by atoms with Gasteiger partial charge in [0.05, 0.1) is 12.4 Å². The third kappa shape index (κ3) is 3.59. The van der Waals surface area contributed by atoms with Crippen LogP contribution >= 0.6 is 11.8 Å². The van der Waals surface area contributed by atoms with E-state index < -0.39 is 36.6 Å². The summed E-state index contributed by atoms with van der Waals surface area (Å²) in [6.45, 7) is 0. The highest BCUT2D eigenvalue weighted by atomic mass is 32.2. The summed E-state index contributed by atoms with van der Waals surface area (Å²) < 4.78 is 7.29. The highest BCUT2D eigenvalue weighted by Gasteiger charge is 2.44. The standard InChI is InChI=1S/C14H20N6O5S/c15-6(14(23)24)1-2-26-3-7-9(21)10(22)13(25-7)20-5-19-8-11(16)17-4-18-12(8)20/h4-7,9-10,13,21-22H,1-3,15H2,(H,23,24)(H2,16,17,18)/t6-,7+,9+,10+,13+/m0/s1/i4+1,5+1,8+1,11+1,12+1. The Morgan fingerprint density at radius 3 is 2.85 bits per heavy atom. The Morgan fingerprint density at radius 1 is 1.35 bits per heavy atom. The zero-order valence-corrected chi connectivity index (χ0v) is 14.5. The summed E-state index contributed by atoms with van der Waals surface area (Å²) in [4.78, 5) is 22.8. The number of rotatable bonds is 7. The summed E-state index contributed by atoms with van der Waals surface area (Å²) in [6, 6.07) is -0.919. The van der Waals surface area contributed by atoms with E-state index in [1.165, 1.54) is 29.0 Å². The van der Waals surface area contributed by atoms with Crippen molar-refractivity contribution in [2.75, 3.05) is 17.2 Å². The lowest BCUT2D eigenvalue weighted by molar-refractivity contribution is -0.138. The Balaban J connectivity index is 1.64. The molecule has 0 amide bonds. The molecule has 3 rings (SSSR count). The fraction of sp³-hybridized carbons (Fsp3) is 0.571. The summed E-state index contributed by atoms with van der Waals surface area (Å²) >= 11 is 1.40. The van der Waals surface area contributed by atoms with Crippen molar-refractivity contribution in [3.05, 3.63) is 12.7 Å². The van der Waals surface area contributed by atoms with Gasteiger partial charge in [0, 0.05) is 5.75 Å². The Bertz CT molecular complexity index is 788. The zero-order chi connectivity index (χ0) is 18.8. The number of aliphatic hydroxyl groups is 2. The molecule has 12 heteroatoms. The number of nitrogen functional groups attached to an aromatic ring is 1. The van der Waals surface area contributed by atoms with Gasteiger partial charge < -0.3 is 31.5 Å². The minimum Gasteiger partial charge on any atom is -0.480 e. The summed E-state index contributed by atoms with van der Waals surface area (Å²) in [5.74, 6) is 0.0405. The minimum absolute atomic E-state index is 0.212. The first-order chi connectivity index (χ1) is 12.4. The number of nitrogens with zero attached hydrogens (tertiary/aromatic N) is 4. The lowest BCUT2D eigenvalue weighted by Crippen LogP contribution is -2.33. The molecule has 2 aromatic heterocycles. The van der Waals surface area contributed by atoms with Crippen molar-refractivity contribution in [3.63, 3.8) is 0 Å². The fourth-order valence-electron chi connectivity index (χ4n) is 2.69. The van der Waals surface area contributed by atoms with Gasteiger partial charge in [-0.15, -0.1) is 0 Å². The Morgan fingerprint density at radius 2 is 2.12 bits per heavy atom. The third-order valence-electron chi connectivity index (χ3n) is 4.17. The number of aromatic nitrogens is 4. The highest BCUT2D eigenvalue weighted by Crippen LogP contribution is 2.33. The molecule has 2 aromatic rings. The van der Waals surface area contributed by atoms with Crippen molar-refractivity contribution in [2.24, 2.45) is 5.73 Å². The molecule has 1 aliphatic rings. The van der Waals surface area contributed by atoms with Crippen LogP contribution in [0.5, 0.6) is 0 Å². The van der Waals surface area contributed by atoms with E-state index in [1.807, 2.05) is 0 Å². The van der Waals surface area contributed by atoms with Crippen molar-refractivity contribution < 1.29 is 24.9 Å². The second-order valence-corrected chi connectivity index (χ2v) is 7.09. The SMILES string of the molecule is N[C@@H](CCSC[C@H]1O[C@@H](n2[13cH]n[13c]3[13c](N)n[13cH]n[13c]32)[C@H](O)[C@@H]1O)C(=O)O. The van der Waals surface area contributed by atoms with Gasteiger partial charge in [-0.05, 0) is 12.2 Å². The zero-order valence-electron chi connectivity index (χ0n) is 13.7.